The fourth-order valence-corrected chi connectivity index (χ4v) is 1.69. The number of nitriles is 1. The summed E-state index contributed by atoms with van der Waals surface area (Å²) < 4.78 is 5.43. The van der Waals surface area contributed by atoms with Crippen LogP contribution in [0.5, 0.6) is 11.6 Å². The Hall–Kier alpha value is -2.65. The highest BCUT2D eigenvalue weighted by atomic mass is 35.5. The zero-order valence-electron chi connectivity index (χ0n) is 10.3. The molecule has 2 rings (SSSR count). The molecule has 2 aromatic rings. The van der Waals surface area contributed by atoms with E-state index < -0.39 is 4.92 Å². The van der Waals surface area contributed by atoms with Crippen molar-refractivity contribution in [3.8, 4) is 17.7 Å². The molecule has 1 aromatic heterocycles. The largest absolute Gasteiger partial charge is 0.436 e. The van der Waals surface area contributed by atoms with Crippen LogP contribution in [0.15, 0.2) is 30.5 Å². The molecule has 0 spiro atoms. The van der Waals surface area contributed by atoms with E-state index in [0.29, 0.717) is 5.56 Å². The maximum atomic E-state index is 10.7. The van der Waals surface area contributed by atoms with Crippen LogP contribution in [0.25, 0.3) is 0 Å². The number of non-ortho nitro benzene ring substituents is 1. The van der Waals surface area contributed by atoms with Crippen LogP contribution in [0, 0.1) is 28.4 Å². The molecule has 1 heterocycles. The smallest absolute Gasteiger partial charge is 0.273 e. The highest BCUT2D eigenvalue weighted by Gasteiger charge is 2.14. The van der Waals surface area contributed by atoms with Gasteiger partial charge in [0.1, 0.15) is 11.6 Å². The van der Waals surface area contributed by atoms with Gasteiger partial charge in [0.2, 0.25) is 5.88 Å². The second-order valence-corrected chi connectivity index (χ2v) is 4.30. The van der Waals surface area contributed by atoms with Gasteiger partial charge >= 0.3 is 0 Å². The maximum Gasteiger partial charge on any atom is 0.273 e. The van der Waals surface area contributed by atoms with Crippen molar-refractivity contribution >= 4 is 17.3 Å². The Morgan fingerprint density at radius 3 is 2.85 bits per heavy atom. The third-order valence-corrected chi connectivity index (χ3v) is 2.88. The third-order valence-electron chi connectivity index (χ3n) is 2.57. The first-order valence-electron chi connectivity index (χ1n) is 5.50. The van der Waals surface area contributed by atoms with Gasteiger partial charge in [0.25, 0.3) is 5.69 Å². The molecule has 0 radical (unpaired) electrons. The minimum atomic E-state index is -0.557. The summed E-state index contributed by atoms with van der Waals surface area (Å²) in [7, 11) is 0. The fraction of sp³-hybridized carbons (Fsp3) is 0.0769. The van der Waals surface area contributed by atoms with E-state index in [2.05, 4.69) is 4.98 Å². The van der Waals surface area contributed by atoms with Crippen molar-refractivity contribution in [2.45, 2.75) is 6.92 Å². The quantitative estimate of drug-likeness (QED) is 0.636. The number of pyridine rings is 1. The zero-order valence-corrected chi connectivity index (χ0v) is 11.1. The van der Waals surface area contributed by atoms with Crippen LogP contribution in [-0.2, 0) is 0 Å². The summed E-state index contributed by atoms with van der Waals surface area (Å²) in [4.78, 5) is 14.1. The lowest BCUT2D eigenvalue weighted by Crippen LogP contribution is -1.96. The lowest BCUT2D eigenvalue weighted by Gasteiger charge is -2.08. The minimum absolute atomic E-state index is 0.0647. The molecule has 0 aliphatic rings. The number of nitro groups is 1. The molecule has 0 amide bonds. The van der Waals surface area contributed by atoms with Crippen molar-refractivity contribution in [2.75, 3.05) is 0 Å². The molecule has 0 aliphatic carbocycles. The molecule has 0 aliphatic heterocycles. The monoisotopic (exact) mass is 289 g/mol. The first-order valence-corrected chi connectivity index (χ1v) is 5.88. The molecule has 7 heteroatoms. The average Bonchev–Trinajstić information content (AvgIpc) is 2.41. The van der Waals surface area contributed by atoms with Crippen LogP contribution >= 0.6 is 11.6 Å². The first kappa shape index (κ1) is 13.8. The maximum absolute atomic E-state index is 10.7. The number of rotatable bonds is 3. The minimum Gasteiger partial charge on any atom is -0.436 e. The number of nitro benzene ring substituents is 1. The molecule has 1 aromatic carbocycles. The zero-order chi connectivity index (χ0) is 14.7. The average molecular weight is 290 g/mol. The van der Waals surface area contributed by atoms with Gasteiger partial charge in [0.05, 0.1) is 16.0 Å². The fourth-order valence-electron chi connectivity index (χ4n) is 1.53. The van der Waals surface area contributed by atoms with Crippen molar-refractivity contribution in [3.05, 3.63) is 56.7 Å². The Morgan fingerprint density at radius 1 is 1.45 bits per heavy atom. The summed E-state index contributed by atoms with van der Waals surface area (Å²) >= 11 is 5.93. The molecule has 20 heavy (non-hydrogen) atoms. The van der Waals surface area contributed by atoms with Crippen LogP contribution in [0.3, 0.4) is 0 Å². The van der Waals surface area contributed by atoms with Gasteiger partial charge in [-0.3, -0.25) is 10.1 Å². The number of ether oxygens (including phenoxy) is 1. The summed E-state index contributed by atoms with van der Waals surface area (Å²) in [6, 6.07) is 7.46. The van der Waals surface area contributed by atoms with E-state index in [1.54, 1.807) is 13.0 Å². The first-order chi connectivity index (χ1) is 9.52. The number of hydrogen-bond acceptors (Lipinski definition) is 5. The van der Waals surface area contributed by atoms with E-state index in [1.807, 2.05) is 6.07 Å². The van der Waals surface area contributed by atoms with E-state index >= 15 is 0 Å². The highest BCUT2D eigenvalue weighted by molar-refractivity contribution is 6.32. The number of benzene rings is 1. The molecule has 0 saturated carbocycles. The Labute approximate surface area is 119 Å². The second-order valence-electron chi connectivity index (χ2n) is 3.89. The van der Waals surface area contributed by atoms with Gasteiger partial charge in [0.15, 0.2) is 5.75 Å². The lowest BCUT2D eigenvalue weighted by atomic mass is 10.2. The molecule has 0 bridgehead atoms. The summed E-state index contributed by atoms with van der Waals surface area (Å²) in [6.45, 7) is 1.74. The van der Waals surface area contributed by atoms with Gasteiger partial charge < -0.3 is 4.74 Å². The van der Waals surface area contributed by atoms with E-state index in [9.17, 15) is 10.1 Å². The second kappa shape index (κ2) is 5.55. The van der Waals surface area contributed by atoms with Crippen molar-refractivity contribution in [2.24, 2.45) is 0 Å². The normalized spacial score (nSPS) is 9.85. The van der Waals surface area contributed by atoms with Crippen molar-refractivity contribution in [1.29, 1.82) is 5.26 Å². The number of aromatic nitrogens is 1. The molecule has 0 fully saturated rings. The molecule has 0 N–H and O–H groups in total. The lowest BCUT2D eigenvalue weighted by molar-refractivity contribution is -0.384. The van der Waals surface area contributed by atoms with Gasteiger partial charge in [0, 0.05) is 12.3 Å². The van der Waals surface area contributed by atoms with Crippen LogP contribution < -0.4 is 4.74 Å². The Balaban J connectivity index is 2.45. The predicted molar refractivity (Wildman–Crippen MR) is 71.9 cm³/mol. The molecular formula is C13H8ClN3O3. The topological polar surface area (TPSA) is 89.1 Å². The molecule has 0 saturated heterocycles. The van der Waals surface area contributed by atoms with E-state index in [4.69, 9.17) is 21.6 Å². The van der Waals surface area contributed by atoms with Gasteiger partial charge in [-0.2, -0.15) is 5.26 Å². The summed E-state index contributed by atoms with van der Waals surface area (Å²) in [5.74, 6) is 0.144. The molecular weight excluding hydrogens is 282 g/mol. The Bertz CT molecular complexity index is 725. The van der Waals surface area contributed by atoms with Gasteiger partial charge in [-0.05, 0) is 24.6 Å². The molecule has 6 nitrogen and oxygen atoms in total. The number of halogens is 1. The summed E-state index contributed by atoms with van der Waals surface area (Å²) in [6.07, 6.45) is 1.48. The van der Waals surface area contributed by atoms with Crippen LogP contribution in [0.1, 0.15) is 11.1 Å². The van der Waals surface area contributed by atoms with Crippen LogP contribution in [-0.4, -0.2) is 9.91 Å². The summed E-state index contributed by atoms with van der Waals surface area (Å²) in [5.41, 5.74) is 0.796. The highest BCUT2D eigenvalue weighted by Crippen LogP contribution is 2.33. The number of nitrogens with zero attached hydrogens (tertiary/aromatic N) is 3. The van der Waals surface area contributed by atoms with E-state index in [-0.39, 0.29) is 27.9 Å². The van der Waals surface area contributed by atoms with Gasteiger partial charge in [-0.25, -0.2) is 4.98 Å². The number of hydrogen-bond donors (Lipinski definition) is 0. The van der Waals surface area contributed by atoms with Crippen LogP contribution in [0.2, 0.25) is 5.02 Å². The molecule has 100 valence electrons. The van der Waals surface area contributed by atoms with Crippen LogP contribution in [0.4, 0.5) is 5.69 Å². The predicted octanol–water partition coefficient (Wildman–Crippen LogP) is 3.62. The Kier molecular flexibility index (Phi) is 3.82. The van der Waals surface area contributed by atoms with Crippen molar-refractivity contribution < 1.29 is 9.66 Å². The summed E-state index contributed by atoms with van der Waals surface area (Å²) in [5, 5.41) is 20.0. The molecule has 0 atom stereocenters. The Morgan fingerprint density at radius 2 is 2.20 bits per heavy atom. The van der Waals surface area contributed by atoms with E-state index in [0.717, 1.165) is 0 Å². The van der Waals surface area contributed by atoms with Crippen molar-refractivity contribution in [1.82, 2.24) is 4.98 Å². The number of aryl methyl sites for hydroxylation is 1. The van der Waals surface area contributed by atoms with Gasteiger partial charge in [-0.1, -0.05) is 11.6 Å². The molecule has 0 unspecified atom stereocenters. The van der Waals surface area contributed by atoms with Crippen molar-refractivity contribution in [3.63, 3.8) is 0 Å². The standard InChI is InChI=1S/C13H8ClN3O3/c1-8-4-5-16-13(10(8)7-15)20-12-6-9(17(18)19)2-3-11(12)14/h2-6H,1H3. The van der Waals surface area contributed by atoms with E-state index in [1.165, 1.54) is 24.4 Å². The van der Waals surface area contributed by atoms with Gasteiger partial charge in [-0.15, -0.1) is 0 Å². The third kappa shape index (κ3) is 2.68. The SMILES string of the molecule is Cc1ccnc(Oc2cc([N+](=O)[O-])ccc2Cl)c1C#N.